The average Bonchev–Trinajstić information content (AvgIpc) is 2.78. The average molecular weight is 329 g/mol. The highest BCUT2D eigenvalue weighted by atomic mass is 19.4. The molecule has 1 heterocycles. The normalized spacial score (nSPS) is 19.3. The van der Waals surface area contributed by atoms with Crippen LogP contribution >= 0.6 is 0 Å². The van der Waals surface area contributed by atoms with Gasteiger partial charge in [0.15, 0.2) is 0 Å². The first-order valence-corrected chi connectivity index (χ1v) is 7.91. The molecule has 0 unspecified atom stereocenters. The zero-order valence-corrected chi connectivity index (χ0v) is 13.2. The molecule has 1 saturated heterocycles. The summed E-state index contributed by atoms with van der Waals surface area (Å²) in [6, 6.07) is 7.26. The van der Waals surface area contributed by atoms with E-state index in [4.69, 9.17) is 4.74 Å². The van der Waals surface area contributed by atoms with Crippen molar-refractivity contribution >= 4 is 5.91 Å². The number of likely N-dealkylation sites (tertiary alicyclic amines) is 1. The Balaban J connectivity index is 2.13. The number of methoxy groups -OCH3 is 1. The van der Waals surface area contributed by atoms with Crippen molar-refractivity contribution in [3.05, 3.63) is 29.8 Å². The molecule has 0 spiro atoms. The van der Waals surface area contributed by atoms with Crippen LogP contribution < -0.4 is 4.74 Å². The second kappa shape index (κ2) is 7.70. The Labute approximate surface area is 134 Å². The third-order valence-corrected chi connectivity index (χ3v) is 4.20. The van der Waals surface area contributed by atoms with Gasteiger partial charge in [0.05, 0.1) is 19.6 Å². The third kappa shape index (κ3) is 5.15. The number of hydrogen-bond acceptors (Lipinski definition) is 2. The lowest BCUT2D eigenvalue weighted by molar-refractivity contribution is -0.150. The molecule has 1 aromatic rings. The van der Waals surface area contributed by atoms with Crippen molar-refractivity contribution in [1.82, 2.24) is 4.90 Å². The van der Waals surface area contributed by atoms with E-state index in [0.717, 1.165) is 37.0 Å². The van der Waals surface area contributed by atoms with Crippen molar-refractivity contribution in [2.75, 3.05) is 13.7 Å². The smallest absolute Gasteiger partial charge is 0.389 e. The largest absolute Gasteiger partial charge is 0.497 e. The molecule has 1 aliphatic heterocycles. The van der Waals surface area contributed by atoms with Crippen LogP contribution in [0, 0.1) is 0 Å². The van der Waals surface area contributed by atoms with Gasteiger partial charge in [-0.2, -0.15) is 13.2 Å². The minimum absolute atomic E-state index is 0.149. The maximum absolute atomic E-state index is 12.4. The predicted molar refractivity (Wildman–Crippen MR) is 81.2 cm³/mol. The van der Waals surface area contributed by atoms with Crippen LogP contribution in [-0.4, -0.2) is 30.6 Å². The predicted octanol–water partition coefficient (Wildman–Crippen LogP) is 4.48. The fraction of sp³-hybridized carbons (Fsp3) is 0.588. The number of rotatable bonds is 4. The SMILES string of the molecule is COc1ccc([C@@H]2CCCCCN2C(=O)CCC(F)(F)F)cc1. The van der Waals surface area contributed by atoms with Crippen LogP contribution in [0.2, 0.25) is 0 Å². The maximum atomic E-state index is 12.4. The molecule has 6 heteroatoms. The molecule has 0 saturated carbocycles. The summed E-state index contributed by atoms with van der Waals surface area (Å²) in [5, 5.41) is 0. The van der Waals surface area contributed by atoms with Crippen molar-refractivity contribution in [2.45, 2.75) is 50.7 Å². The van der Waals surface area contributed by atoms with Gasteiger partial charge in [-0.1, -0.05) is 25.0 Å². The highest BCUT2D eigenvalue weighted by molar-refractivity contribution is 5.76. The first-order valence-electron chi connectivity index (χ1n) is 7.91. The van der Waals surface area contributed by atoms with Gasteiger partial charge < -0.3 is 9.64 Å². The minimum atomic E-state index is -4.29. The first-order chi connectivity index (χ1) is 10.9. The van der Waals surface area contributed by atoms with Crippen molar-refractivity contribution in [3.8, 4) is 5.75 Å². The topological polar surface area (TPSA) is 29.5 Å². The van der Waals surface area contributed by atoms with Gasteiger partial charge in [0.25, 0.3) is 0 Å². The van der Waals surface area contributed by atoms with E-state index in [1.54, 1.807) is 12.0 Å². The van der Waals surface area contributed by atoms with E-state index in [9.17, 15) is 18.0 Å². The maximum Gasteiger partial charge on any atom is 0.389 e. The van der Waals surface area contributed by atoms with Gasteiger partial charge in [-0.05, 0) is 30.5 Å². The molecule has 128 valence electrons. The molecule has 0 aliphatic carbocycles. The molecular weight excluding hydrogens is 307 g/mol. The van der Waals surface area contributed by atoms with Crippen molar-refractivity contribution in [1.29, 1.82) is 0 Å². The second-order valence-electron chi connectivity index (χ2n) is 5.84. The summed E-state index contributed by atoms with van der Waals surface area (Å²) in [7, 11) is 1.58. The van der Waals surface area contributed by atoms with Gasteiger partial charge in [0.1, 0.15) is 5.75 Å². The van der Waals surface area contributed by atoms with Crippen LogP contribution in [0.4, 0.5) is 13.2 Å². The Morgan fingerprint density at radius 1 is 1.22 bits per heavy atom. The third-order valence-electron chi connectivity index (χ3n) is 4.20. The molecule has 1 atom stereocenters. The fourth-order valence-corrected chi connectivity index (χ4v) is 2.97. The molecule has 1 amide bonds. The lowest BCUT2D eigenvalue weighted by Crippen LogP contribution is -2.35. The van der Waals surface area contributed by atoms with Gasteiger partial charge in [0.2, 0.25) is 5.91 Å². The molecule has 0 N–H and O–H groups in total. The van der Waals surface area contributed by atoms with Crippen molar-refractivity contribution in [3.63, 3.8) is 0 Å². The number of amides is 1. The number of nitrogens with zero attached hydrogens (tertiary/aromatic N) is 1. The van der Waals surface area contributed by atoms with E-state index in [1.807, 2.05) is 24.3 Å². The molecule has 1 aromatic carbocycles. The quantitative estimate of drug-likeness (QED) is 0.815. The highest BCUT2D eigenvalue weighted by Crippen LogP contribution is 2.32. The second-order valence-corrected chi connectivity index (χ2v) is 5.84. The number of hydrogen-bond donors (Lipinski definition) is 0. The minimum Gasteiger partial charge on any atom is -0.497 e. The molecule has 3 nitrogen and oxygen atoms in total. The number of halogens is 3. The molecule has 1 fully saturated rings. The van der Waals surface area contributed by atoms with Gasteiger partial charge in [-0.3, -0.25) is 4.79 Å². The van der Waals surface area contributed by atoms with E-state index in [-0.39, 0.29) is 6.04 Å². The van der Waals surface area contributed by atoms with E-state index >= 15 is 0 Å². The molecule has 0 aromatic heterocycles. The monoisotopic (exact) mass is 329 g/mol. The van der Waals surface area contributed by atoms with Gasteiger partial charge in [-0.15, -0.1) is 0 Å². The summed E-state index contributed by atoms with van der Waals surface area (Å²) in [4.78, 5) is 13.9. The lowest BCUT2D eigenvalue weighted by atomic mass is 10.00. The summed E-state index contributed by atoms with van der Waals surface area (Å²) >= 11 is 0. The standard InChI is InChI=1S/C17H22F3NO2/c1-23-14-8-6-13(7-9-14)15-5-3-2-4-12-21(15)16(22)10-11-17(18,19)20/h6-9,15H,2-5,10-12H2,1H3/t15-/m0/s1. The summed E-state index contributed by atoms with van der Waals surface area (Å²) < 4.78 is 42.3. The van der Waals surface area contributed by atoms with Crippen LogP contribution in [0.25, 0.3) is 0 Å². The summed E-state index contributed by atoms with van der Waals surface area (Å²) in [6.45, 7) is 0.521. The molecule has 0 radical (unpaired) electrons. The lowest BCUT2D eigenvalue weighted by Gasteiger charge is -2.31. The molecule has 23 heavy (non-hydrogen) atoms. The van der Waals surface area contributed by atoms with E-state index in [1.165, 1.54) is 0 Å². The Morgan fingerprint density at radius 3 is 2.52 bits per heavy atom. The Morgan fingerprint density at radius 2 is 1.91 bits per heavy atom. The van der Waals surface area contributed by atoms with Crippen LogP contribution in [0.1, 0.15) is 50.1 Å². The van der Waals surface area contributed by atoms with Crippen LogP contribution in [-0.2, 0) is 4.79 Å². The summed E-state index contributed by atoms with van der Waals surface area (Å²) in [6.07, 6.45) is -2.24. The number of alkyl halides is 3. The first kappa shape index (κ1) is 17.6. The molecule has 0 bridgehead atoms. The Bertz CT molecular complexity index is 514. The fourth-order valence-electron chi connectivity index (χ4n) is 2.97. The number of carbonyl (C=O) groups excluding carboxylic acids is 1. The van der Waals surface area contributed by atoms with E-state index < -0.39 is 24.9 Å². The van der Waals surface area contributed by atoms with Gasteiger partial charge in [0, 0.05) is 13.0 Å². The summed E-state index contributed by atoms with van der Waals surface area (Å²) in [5.41, 5.74) is 0.952. The number of benzene rings is 1. The van der Waals surface area contributed by atoms with Gasteiger partial charge >= 0.3 is 6.18 Å². The van der Waals surface area contributed by atoms with E-state index in [2.05, 4.69) is 0 Å². The van der Waals surface area contributed by atoms with Crippen molar-refractivity contribution < 1.29 is 22.7 Å². The Hall–Kier alpha value is -1.72. The Kier molecular flexibility index (Phi) is 5.91. The zero-order chi connectivity index (χ0) is 16.9. The van der Waals surface area contributed by atoms with E-state index in [0.29, 0.717) is 6.54 Å². The highest BCUT2D eigenvalue weighted by Gasteiger charge is 2.32. The van der Waals surface area contributed by atoms with Crippen molar-refractivity contribution in [2.24, 2.45) is 0 Å². The van der Waals surface area contributed by atoms with Crippen LogP contribution in [0.5, 0.6) is 5.75 Å². The van der Waals surface area contributed by atoms with Crippen LogP contribution in [0.3, 0.4) is 0 Å². The molecule has 1 aliphatic rings. The number of ether oxygens (including phenoxy) is 1. The zero-order valence-electron chi connectivity index (χ0n) is 13.2. The number of carbonyl (C=O) groups is 1. The molecular formula is C17H22F3NO2. The molecule has 2 rings (SSSR count). The summed E-state index contributed by atoms with van der Waals surface area (Å²) in [5.74, 6) is 0.308. The van der Waals surface area contributed by atoms with Crippen LogP contribution in [0.15, 0.2) is 24.3 Å². The van der Waals surface area contributed by atoms with Gasteiger partial charge in [-0.25, -0.2) is 0 Å².